The van der Waals surface area contributed by atoms with Crippen molar-refractivity contribution in [3.63, 3.8) is 0 Å². The van der Waals surface area contributed by atoms with Crippen LogP contribution in [0.15, 0.2) is 17.0 Å². The first kappa shape index (κ1) is 12.2. The minimum atomic E-state index is -3.34. The summed E-state index contributed by atoms with van der Waals surface area (Å²) in [6.07, 6.45) is 0. The Morgan fingerprint density at radius 1 is 1.20 bits per heavy atom. The number of hydrogen-bond donors (Lipinski definition) is 1. The zero-order valence-electron chi connectivity index (χ0n) is 9.59. The van der Waals surface area contributed by atoms with Crippen LogP contribution in [0.4, 0.5) is 0 Å². The molecule has 1 N–H and O–H groups in total. The van der Waals surface area contributed by atoms with E-state index in [1.165, 1.54) is 0 Å². The molecule has 0 aliphatic rings. The van der Waals surface area contributed by atoms with E-state index in [0.29, 0.717) is 11.4 Å². The SMILES string of the molecule is CCNS(=O)(=O)c1c(C)cc(C)cc1C.[HH]. The summed E-state index contributed by atoms with van der Waals surface area (Å²) in [7, 11) is -3.34. The van der Waals surface area contributed by atoms with Crippen LogP contribution in [0, 0.1) is 20.8 Å². The molecule has 1 aromatic rings. The highest BCUT2D eigenvalue weighted by Gasteiger charge is 2.18. The topological polar surface area (TPSA) is 46.2 Å². The number of benzene rings is 1. The van der Waals surface area contributed by atoms with Crippen molar-refractivity contribution in [2.24, 2.45) is 0 Å². The van der Waals surface area contributed by atoms with E-state index in [0.717, 1.165) is 16.7 Å². The average molecular weight is 229 g/mol. The molecule has 0 aliphatic carbocycles. The van der Waals surface area contributed by atoms with E-state index < -0.39 is 10.0 Å². The zero-order valence-corrected chi connectivity index (χ0v) is 10.4. The number of aryl methyl sites for hydroxylation is 3. The van der Waals surface area contributed by atoms with Crippen molar-refractivity contribution in [3.8, 4) is 0 Å². The first-order valence-electron chi connectivity index (χ1n) is 4.96. The lowest BCUT2D eigenvalue weighted by Crippen LogP contribution is -2.24. The van der Waals surface area contributed by atoms with Gasteiger partial charge in [0, 0.05) is 7.97 Å². The minimum absolute atomic E-state index is 0. The van der Waals surface area contributed by atoms with Crippen molar-refractivity contribution in [2.45, 2.75) is 32.6 Å². The fourth-order valence-corrected chi connectivity index (χ4v) is 3.34. The van der Waals surface area contributed by atoms with Crippen LogP contribution in [0.3, 0.4) is 0 Å². The second-order valence-electron chi connectivity index (χ2n) is 3.73. The molecule has 1 rings (SSSR count). The molecule has 0 fully saturated rings. The molecule has 86 valence electrons. The first-order chi connectivity index (χ1) is 6.88. The lowest BCUT2D eigenvalue weighted by molar-refractivity contribution is 0.582. The van der Waals surface area contributed by atoms with E-state index in [-0.39, 0.29) is 1.43 Å². The smallest absolute Gasteiger partial charge is 0.211 e. The molecule has 0 spiro atoms. The maximum Gasteiger partial charge on any atom is 0.241 e. The molecule has 0 atom stereocenters. The van der Waals surface area contributed by atoms with Crippen molar-refractivity contribution < 1.29 is 9.84 Å². The number of sulfonamides is 1. The summed E-state index contributed by atoms with van der Waals surface area (Å²) in [5.74, 6) is 0. The Morgan fingerprint density at radius 3 is 2.07 bits per heavy atom. The second-order valence-corrected chi connectivity index (χ2v) is 5.43. The highest BCUT2D eigenvalue weighted by Crippen LogP contribution is 2.21. The molecule has 15 heavy (non-hydrogen) atoms. The molecule has 0 saturated carbocycles. The van der Waals surface area contributed by atoms with Crippen molar-refractivity contribution in [1.82, 2.24) is 4.72 Å². The standard InChI is InChI=1S/C11H17NO2S.H2/c1-5-12-15(13,14)11-9(3)6-8(2)7-10(11)4;/h6-7,12H,5H2,1-4H3;1H. The van der Waals surface area contributed by atoms with Gasteiger partial charge in [0.05, 0.1) is 4.90 Å². The Morgan fingerprint density at radius 2 is 1.67 bits per heavy atom. The summed E-state index contributed by atoms with van der Waals surface area (Å²) in [4.78, 5) is 0.412. The Bertz CT molecular complexity index is 446. The van der Waals surface area contributed by atoms with Crippen LogP contribution >= 0.6 is 0 Å². The summed E-state index contributed by atoms with van der Waals surface area (Å²) in [5, 5.41) is 0. The number of rotatable bonds is 3. The summed E-state index contributed by atoms with van der Waals surface area (Å²) in [6.45, 7) is 7.80. The lowest BCUT2D eigenvalue weighted by atomic mass is 10.1. The molecule has 0 aliphatic heterocycles. The summed E-state index contributed by atoms with van der Waals surface area (Å²) in [6, 6.07) is 3.77. The van der Waals surface area contributed by atoms with Gasteiger partial charge in [0.15, 0.2) is 0 Å². The predicted octanol–water partition coefficient (Wildman–Crippen LogP) is 2.16. The van der Waals surface area contributed by atoms with Gasteiger partial charge in [0.2, 0.25) is 10.0 Å². The van der Waals surface area contributed by atoms with Crippen LogP contribution in [0.5, 0.6) is 0 Å². The Balaban J connectivity index is 0.00000225. The average Bonchev–Trinajstić information content (AvgIpc) is 1.99. The molecule has 0 aromatic heterocycles. The molecule has 4 heteroatoms. The van der Waals surface area contributed by atoms with E-state index in [1.807, 2.05) is 32.9 Å². The van der Waals surface area contributed by atoms with Gasteiger partial charge in [0.25, 0.3) is 0 Å². The van der Waals surface area contributed by atoms with Crippen LogP contribution in [-0.2, 0) is 10.0 Å². The molecule has 1 aromatic carbocycles. The zero-order chi connectivity index (χ0) is 11.6. The van der Waals surface area contributed by atoms with Crippen molar-refractivity contribution >= 4 is 10.0 Å². The maximum absolute atomic E-state index is 11.9. The molecule has 0 heterocycles. The Hall–Kier alpha value is -0.870. The third-order valence-electron chi connectivity index (χ3n) is 2.21. The monoisotopic (exact) mass is 229 g/mol. The van der Waals surface area contributed by atoms with Gasteiger partial charge < -0.3 is 0 Å². The normalized spacial score (nSPS) is 11.7. The highest BCUT2D eigenvalue weighted by molar-refractivity contribution is 7.89. The van der Waals surface area contributed by atoms with Gasteiger partial charge in [-0.25, -0.2) is 13.1 Å². The van der Waals surface area contributed by atoms with Gasteiger partial charge in [-0.15, -0.1) is 0 Å². The first-order valence-corrected chi connectivity index (χ1v) is 6.44. The Labute approximate surface area is 93.1 Å². The van der Waals surface area contributed by atoms with Gasteiger partial charge in [-0.3, -0.25) is 0 Å². The van der Waals surface area contributed by atoms with Crippen LogP contribution in [0.1, 0.15) is 25.0 Å². The summed E-state index contributed by atoms with van der Waals surface area (Å²) < 4.78 is 26.3. The van der Waals surface area contributed by atoms with E-state index in [4.69, 9.17) is 0 Å². The van der Waals surface area contributed by atoms with E-state index in [1.54, 1.807) is 6.92 Å². The summed E-state index contributed by atoms with van der Waals surface area (Å²) >= 11 is 0. The molecular formula is C11H19NO2S. The predicted molar refractivity (Wildman–Crippen MR) is 63.6 cm³/mol. The Kier molecular flexibility index (Phi) is 3.52. The minimum Gasteiger partial charge on any atom is -0.211 e. The van der Waals surface area contributed by atoms with Crippen LogP contribution in [0.2, 0.25) is 0 Å². The van der Waals surface area contributed by atoms with Gasteiger partial charge in [-0.2, -0.15) is 0 Å². The second kappa shape index (κ2) is 4.33. The van der Waals surface area contributed by atoms with Crippen molar-refractivity contribution in [1.29, 1.82) is 0 Å². The molecule has 0 saturated heterocycles. The molecular weight excluding hydrogens is 210 g/mol. The van der Waals surface area contributed by atoms with Crippen molar-refractivity contribution in [2.75, 3.05) is 6.54 Å². The van der Waals surface area contributed by atoms with E-state index >= 15 is 0 Å². The number of nitrogens with one attached hydrogen (secondary N) is 1. The van der Waals surface area contributed by atoms with E-state index in [9.17, 15) is 8.42 Å². The fraction of sp³-hybridized carbons (Fsp3) is 0.455. The molecule has 3 nitrogen and oxygen atoms in total. The van der Waals surface area contributed by atoms with Crippen LogP contribution in [-0.4, -0.2) is 15.0 Å². The van der Waals surface area contributed by atoms with E-state index in [2.05, 4.69) is 4.72 Å². The lowest BCUT2D eigenvalue weighted by Gasteiger charge is -2.11. The van der Waals surface area contributed by atoms with Gasteiger partial charge in [-0.05, 0) is 31.9 Å². The fourth-order valence-electron chi connectivity index (χ4n) is 1.85. The molecule has 0 amide bonds. The van der Waals surface area contributed by atoms with Crippen molar-refractivity contribution in [3.05, 3.63) is 28.8 Å². The molecule has 0 unspecified atom stereocenters. The third-order valence-corrected chi connectivity index (χ3v) is 4.06. The van der Waals surface area contributed by atoms with Gasteiger partial charge >= 0.3 is 0 Å². The largest absolute Gasteiger partial charge is 0.241 e. The van der Waals surface area contributed by atoms with Gasteiger partial charge in [0.1, 0.15) is 0 Å². The summed E-state index contributed by atoms with van der Waals surface area (Å²) in [5.41, 5.74) is 2.68. The third kappa shape index (κ3) is 2.58. The number of hydrogen-bond acceptors (Lipinski definition) is 2. The van der Waals surface area contributed by atoms with Crippen LogP contribution < -0.4 is 4.72 Å². The molecule has 0 radical (unpaired) electrons. The van der Waals surface area contributed by atoms with Gasteiger partial charge in [-0.1, -0.05) is 24.6 Å². The van der Waals surface area contributed by atoms with Crippen LogP contribution in [0.25, 0.3) is 0 Å². The quantitative estimate of drug-likeness (QED) is 0.863. The molecule has 0 bridgehead atoms. The highest BCUT2D eigenvalue weighted by atomic mass is 32.2. The maximum atomic E-state index is 11.9.